The third-order valence-electron chi connectivity index (χ3n) is 4.48. The van der Waals surface area contributed by atoms with E-state index in [0.29, 0.717) is 6.54 Å². The summed E-state index contributed by atoms with van der Waals surface area (Å²) < 4.78 is 5.76. The molecule has 2 rings (SSSR count). The Hall–Kier alpha value is -1.74. The van der Waals surface area contributed by atoms with Gasteiger partial charge < -0.3 is 25.6 Å². The average molecular weight is 366 g/mol. The molecule has 2 heterocycles. The van der Waals surface area contributed by atoms with E-state index in [0.717, 1.165) is 12.1 Å². The summed E-state index contributed by atoms with van der Waals surface area (Å²) in [6, 6.07) is 5.21. The van der Waals surface area contributed by atoms with Crippen LogP contribution in [-0.2, 0) is 11.2 Å². The predicted octanol–water partition coefficient (Wildman–Crippen LogP) is -0.247. The molecule has 146 valence electrons. The fourth-order valence-corrected chi connectivity index (χ4v) is 3.18. The highest BCUT2D eigenvalue weighted by atomic mass is 16.5. The van der Waals surface area contributed by atoms with E-state index in [-0.39, 0.29) is 31.3 Å². The Bertz CT molecular complexity index is 557. The van der Waals surface area contributed by atoms with Gasteiger partial charge in [0.2, 0.25) is 0 Å². The average Bonchev–Trinajstić information content (AvgIpc) is 2.94. The number of hydrogen-bond donors (Lipinski definition) is 4. The van der Waals surface area contributed by atoms with Crippen molar-refractivity contribution in [2.45, 2.75) is 50.7 Å². The van der Waals surface area contributed by atoms with Crippen molar-refractivity contribution in [2.24, 2.45) is 0 Å². The molecule has 4 N–H and O–H groups in total. The van der Waals surface area contributed by atoms with Crippen LogP contribution in [0.4, 0.5) is 4.79 Å². The van der Waals surface area contributed by atoms with Crippen molar-refractivity contribution in [2.75, 3.05) is 26.7 Å². The molecule has 0 aliphatic carbocycles. The molecule has 0 spiro atoms. The lowest BCUT2D eigenvalue weighted by molar-refractivity contribution is -0.0206. The summed E-state index contributed by atoms with van der Waals surface area (Å²) in [5, 5.41) is 25.5. The van der Waals surface area contributed by atoms with E-state index in [9.17, 15) is 15.0 Å². The lowest BCUT2D eigenvalue weighted by Gasteiger charge is -2.30. The second-order valence-electron chi connectivity index (χ2n) is 6.94. The molecule has 26 heavy (non-hydrogen) atoms. The largest absolute Gasteiger partial charge is 0.394 e. The molecule has 4 atom stereocenters. The SMILES string of the molecule is CC(C)NC(=O)NCC1OC(CO)C(O)C1N(C)CCc1ccccn1. The number of nitrogens with zero attached hydrogens (tertiary/aromatic N) is 2. The fourth-order valence-electron chi connectivity index (χ4n) is 3.18. The van der Waals surface area contributed by atoms with Crippen LogP contribution >= 0.6 is 0 Å². The van der Waals surface area contributed by atoms with Gasteiger partial charge in [0.25, 0.3) is 0 Å². The summed E-state index contributed by atoms with van der Waals surface area (Å²) in [7, 11) is 1.90. The van der Waals surface area contributed by atoms with Gasteiger partial charge in [0.15, 0.2) is 0 Å². The summed E-state index contributed by atoms with van der Waals surface area (Å²) in [6.07, 6.45) is 0.600. The normalized spacial score (nSPS) is 25.7. The molecule has 1 aromatic heterocycles. The second-order valence-corrected chi connectivity index (χ2v) is 6.94. The van der Waals surface area contributed by atoms with Crippen molar-refractivity contribution in [3.8, 4) is 0 Å². The quantitative estimate of drug-likeness (QED) is 0.506. The summed E-state index contributed by atoms with van der Waals surface area (Å²) in [5.41, 5.74) is 0.970. The van der Waals surface area contributed by atoms with Gasteiger partial charge in [-0.05, 0) is 33.0 Å². The summed E-state index contributed by atoms with van der Waals surface area (Å²) in [5.74, 6) is 0. The molecule has 1 fully saturated rings. The monoisotopic (exact) mass is 366 g/mol. The molecule has 4 unspecified atom stereocenters. The maximum atomic E-state index is 11.8. The number of aromatic nitrogens is 1. The van der Waals surface area contributed by atoms with E-state index in [2.05, 4.69) is 15.6 Å². The molecule has 8 heteroatoms. The molecule has 0 bridgehead atoms. The summed E-state index contributed by atoms with van der Waals surface area (Å²) >= 11 is 0. The summed E-state index contributed by atoms with van der Waals surface area (Å²) in [4.78, 5) is 18.1. The molecule has 0 aromatic carbocycles. The van der Waals surface area contributed by atoms with Gasteiger partial charge in [0.05, 0.1) is 18.8 Å². The second kappa shape index (κ2) is 9.82. The molecule has 1 aliphatic rings. The molecule has 8 nitrogen and oxygen atoms in total. The number of pyridine rings is 1. The number of nitrogens with one attached hydrogen (secondary N) is 2. The Morgan fingerprint density at radius 1 is 1.38 bits per heavy atom. The number of amides is 2. The van der Waals surface area contributed by atoms with Crippen LogP contribution in [0.3, 0.4) is 0 Å². The first kappa shape index (κ1) is 20.6. The van der Waals surface area contributed by atoms with Gasteiger partial charge in [-0.15, -0.1) is 0 Å². The maximum Gasteiger partial charge on any atom is 0.315 e. The van der Waals surface area contributed by atoms with Crippen LogP contribution in [0, 0.1) is 0 Å². The molecular formula is C18H30N4O4. The van der Waals surface area contributed by atoms with Gasteiger partial charge in [0.1, 0.15) is 12.2 Å². The van der Waals surface area contributed by atoms with E-state index in [1.165, 1.54) is 0 Å². The van der Waals surface area contributed by atoms with Gasteiger partial charge >= 0.3 is 6.03 Å². The number of ether oxygens (including phenoxy) is 1. The van der Waals surface area contributed by atoms with Crippen LogP contribution in [0.1, 0.15) is 19.5 Å². The number of aliphatic hydroxyl groups excluding tert-OH is 2. The van der Waals surface area contributed by atoms with Crippen LogP contribution in [0.5, 0.6) is 0 Å². The lowest BCUT2D eigenvalue weighted by Crippen LogP contribution is -2.51. The van der Waals surface area contributed by atoms with Crippen LogP contribution in [-0.4, -0.2) is 83.3 Å². The molecule has 1 aromatic rings. The third-order valence-corrected chi connectivity index (χ3v) is 4.48. The maximum absolute atomic E-state index is 11.8. The first-order valence-electron chi connectivity index (χ1n) is 9.01. The number of carbonyl (C=O) groups excluding carboxylic acids is 1. The van der Waals surface area contributed by atoms with Crippen molar-refractivity contribution in [3.05, 3.63) is 30.1 Å². The number of hydrogen-bond acceptors (Lipinski definition) is 6. The molecule has 0 saturated carbocycles. The zero-order valence-electron chi connectivity index (χ0n) is 15.6. The van der Waals surface area contributed by atoms with Crippen LogP contribution in [0.15, 0.2) is 24.4 Å². The summed E-state index contributed by atoms with van der Waals surface area (Å²) in [6.45, 7) is 4.43. The highest BCUT2D eigenvalue weighted by molar-refractivity contribution is 5.74. The Balaban J connectivity index is 1.95. The van der Waals surface area contributed by atoms with E-state index < -0.39 is 18.3 Å². The molecule has 1 saturated heterocycles. The highest BCUT2D eigenvalue weighted by Gasteiger charge is 2.45. The van der Waals surface area contributed by atoms with E-state index >= 15 is 0 Å². The van der Waals surface area contributed by atoms with Gasteiger partial charge in [-0.25, -0.2) is 4.79 Å². The first-order valence-corrected chi connectivity index (χ1v) is 9.01. The smallest absolute Gasteiger partial charge is 0.315 e. The van der Waals surface area contributed by atoms with Crippen LogP contribution in [0.2, 0.25) is 0 Å². The number of aliphatic hydroxyl groups is 2. The zero-order valence-corrected chi connectivity index (χ0v) is 15.6. The molecular weight excluding hydrogens is 336 g/mol. The molecule has 0 radical (unpaired) electrons. The number of carbonyl (C=O) groups is 1. The standard InChI is InChI=1S/C18H30N4O4/c1-12(2)21-18(25)20-10-14-16(17(24)15(11-23)26-14)22(3)9-7-13-6-4-5-8-19-13/h4-6,8,12,14-17,23-24H,7,9-11H2,1-3H3,(H2,20,21,25). The van der Waals surface area contributed by atoms with Crippen molar-refractivity contribution < 1.29 is 19.7 Å². The number of urea groups is 1. The van der Waals surface area contributed by atoms with Crippen molar-refractivity contribution in [3.63, 3.8) is 0 Å². The Morgan fingerprint density at radius 3 is 2.77 bits per heavy atom. The Kier molecular flexibility index (Phi) is 7.77. The first-order chi connectivity index (χ1) is 12.4. The Labute approximate surface area is 154 Å². The van der Waals surface area contributed by atoms with E-state index in [1.807, 2.05) is 44.0 Å². The van der Waals surface area contributed by atoms with E-state index in [1.54, 1.807) is 6.20 Å². The van der Waals surface area contributed by atoms with Crippen molar-refractivity contribution in [1.82, 2.24) is 20.5 Å². The number of rotatable bonds is 8. The molecule has 2 amide bonds. The van der Waals surface area contributed by atoms with Gasteiger partial charge in [-0.2, -0.15) is 0 Å². The fraction of sp³-hybridized carbons (Fsp3) is 0.667. The third kappa shape index (κ3) is 5.63. The topological polar surface area (TPSA) is 107 Å². The van der Waals surface area contributed by atoms with Crippen LogP contribution in [0.25, 0.3) is 0 Å². The van der Waals surface area contributed by atoms with Crippen molar-refractivity contribution >= 4 is 6.03 Å². The minimum atomic E-state index is -0.825. The van der Waals surface area contributed by atoms with E-state index in [4.69, 9.17) is 4.74 Å². The lowest BCUT2D eigenvalue weighted by atomic mass is 10.0. The molecule has 1 aliphatic heterocycles. The number of likely N-dealkylation sites (N-methyl/N-ethyl adjacent to an activating group) is 1. The van der Waals surface area contributed by atoms with Gasteiger partial charge in [-0.3, -0.25) is 9.88 Å². The minimum absolute atomic E-state index is 0.0344. The van der Waals surface area contributed by atoms with Gasteiger partial charge in [-0.1, -0.05) is 6.07 Å². The van der Waals surface area contributed by atoms with Gasteiger partial charge in [0, 0.05) is 37.4 Å². The zero-order chi connectivity index (χ0) is 19.1. The predicted molar refractivity (Wildman–Crippen MR) is 97.8 cm³/mol. The minimum Gasteiger partial charge on any atom is -0.394 e. The Morgan fingerprint density at radius 2 is 2.15 bits per heavy atom. The highest BCUT2D eigenvalue weighted by Crippen LogP contribution is 2.25. The van der Waals surface area contributed by atoms with Crippen LogP contribution < -0.4 is 10.6 Å². The van der Waals surface area contributed by atoms with Crippen molar-refractivity contribution in [1.29, 1.82) is 0 Å².